The van der Waals surface area contributed by atoms with Gasteiger partial charge >= 0.3 is 5.97 Å². The Morgan fingerprint density at radius 2 is 1.74 bits per heavy atom. The minimum atomic E-state index is -1.06. The first-order valence-electron chi connectivity index (χ1n) is 9.39. The van der Waals surface area contributed by atoms with Gasteiger partial charge in [0.05, 0.1) is 26.7 Å². The summed E-state index contributed by atoms with van der Waals surface area (Å²) in [5.74, 6) is -0.404. The van der Waals surface area contributed by atoms with E-state index in [4.69, 9.17) is 21.1 Å². The lowest BCUT2D eigenvalue weighted by Crippen LogP contribution is -2.31. The van der Waals surface area contributed by atoms with Crippen LogP contribution in [0.4, 0.5) is 0 Å². The van der Waals surface area contributed by atoms with Crippen LogP contribution in [0.15, 0.2) is 60.7 Å². The molecular weight excluding hydrogens is 420 g/mol. The molecule has 2 aromatic carbocycles. The molecule has 0 aliphatic rings. The van der Waals surface area contributed by atoms with Crippen LogP contribution in [0, 0.1) is 0 Å². The fourth-order valence-electron chi connectivity index (χ4n) is 3.10. The second kappa shape index (κ2) is 9.95. The van der Waals surface area contributed by atoms with Crippen molar-refractivity contribution in [3.63, 3.8) is 0 Å². The number of carbonyl (C=O) groups excluding carboxylic acids is 1. The van der Waals surface area contributed by atoms with Crippen LogP contribution >= 0.6 is 11.6 Å². The molecule has 160 valence electrons. The van der Waals surface area contributed by atoms with Crippen molar-refractivity contribution in [1.82, 2.24) is 10.3 Å². The molecule has 0 radical (unpaired) electrons. The van der Waals surface area contributed by atoms with E-state index >= 15 is 0 Å². The molecule has 0 fully saturated rings. The van der Waals surface area contributed by atoms with Gasteiger partial charge in [0.2, 0.25) is 0 Å². The van der Waals surface area contributed by atoms with Crippen molar-refractivity contribution in [3.8, 4) is 22.8 Å². The zero-order chi connectivity index (χ0) is 22.4. The molecular formula is C23H21ClN2O5. The van der Waals surface area contributed by atoms with Crippen LogP contribution in [0.25, 0.3) is 11.3 Å². The normalized spacial score (nSPS) is 11.5. The van der Waals surface area contributed by atoms with Gasteiger partial charge in [-0.25, -0.2) is 4.98 Å². The molecule has 0 bridgehead atoms. The Labute approximate surface area is 184 Å². The van der Waals surface area contributed by atoms with Crippen LogP contribution in [-0.2, 0) is 4.79 Å². The van der Waals surface area contributed by atoms with Gasteiger partial charge in [-0.1, -0.05) is 29.8 Å². The molecule has 3 aromatic rings. The topological polar surface area (TPSA) is 97.8 Å². The fourth-order valence-corrected chi connectivity index (χ4v) is 3.36. The standard InChI is InChI=1S/C23H21ClN2O5/c1-30-15-9-7-14(8-10-15)22-20(31-2)12-11-18(25-22)23(29)26-19(13-21(27)28)16-5-3-4-6-17(16)24/h3-12,19H,13H2,1-2H3,(H,26,29)(H,27,28). The summed E-state index contributed by atoms with van der Waals surface area (Å²) in [4.78, 5) is 28.7. The number of benzene rings is 2. The van der Waals surface area contributed by atoms with Gasteiger partial charge in [0.15, 0.2) is 0 Å². The minimum absolute atomic E-state index is 0.120. The third-order valence-electron chi connectivity index (χ3n) is 4.64. The van der Waals surface area contributed by atoms with Crippen LogP contribution in [0.2, 0.25) is 5.02 Å². The molecule has 1 aromatic heterocycles. The summed E-state index contributed by atoms with van der Waals surface area (Å²) < 4.78 is 10.6. The molecule has 31 heavy (non-hydrogen) atoms. The predicted octanol–water partition coefficient (Wildman–Crippen LogP) is 4.37. The number of rotatable bonds is 8. The second-order valence-electron chi connectivity index (χ2n) is 6.62. The average Bonchev–Trinajstić information content (AvgIpc) is 2.78. The average molecular weight is 441 g/mol. The quantitative estimate of drug-likeness (QED) is 0.540. The minimum Gasteiger partial charge on any atom is -0.497 e. The number of carboxylic acids is 1. The number of nitrogens with zero attached hydrogens (tertiary/aromatic N) is 1. The summed E-state index contributed by atoms with van der Waals surface area (Å²) in [6.45, 7) is 0. The van der Waals surface area contributed by atoms with Crippen LogP contribution in [0.5, 0.6) is 11.5 Å². The van der Waals surface area contributed by atoms with Crippen molar-refractivity contribution in [1.29, 1.82) is 0 Å². The van der Waals surface area contributed by atoms with Crippen molar-refractivity contribution in [2.75, 3.05) is 14.2 Å². The molecule has 0 aliphatic carbocycles. The number of methoxy groups -OCH3 is 2. The molecule has 1 unspecified atom stereocenters. The molecule has 0 saturated carbocycles. The van der Waals surface area contributed by atoms with E-state index in [2.05, 4.69) is 10.3 Å². The molecule has 1 atom stereocenters. The number of ether oxygens (including phenoxy) is 2. The lowest BCUT2D eigenvalue weighted by atomic mass is 10.0. The molecule has 0 aliphatic heterocycles. The van der Waals surface area contributed by atoms with Gasteiger partial charge < -0.3 is 19.9 Å². The van der Waals surface area contributed by atoms with Gasteiger partial charge in [-0.3, -0.25) is 9.59 Å². The van der Waals surface area contributed by atoms with E-state index in [0.717, 1.165) is 5.56 Å². The number of amides is 1. The van der Waals surface area contributed by atoms with E-state index in [0.29, 0.717) is 27.8 Å². The maximum absolute atomic E-state index is 12.9. The molecule has 8 heteroatoms. The van der Waals surface area contributed by atoms with E-state index in [1.54, 1.807) is 49.6 Å². The van der Waals surface area contributed by atoms with Gasteiger partial charge in [-0.2, -0.15) is 0 Å². The molecule has 3 rings (SSSR count). The Hall–Kier alpha value is -3.58. The summed E-state index contributed by atoms with van der Waals surface area (Å²) in [7, 11) is 3.09. The first kappa shape index (κ1) is 22.1. The molecule has 1 amide bonds. The lowest BCUT2D eigenvalue weighted by Gasteiger charge is -2.19. The van der Waals surface area contributed by atoms with Crippen molar-refractivity contribution in [2.45, 2.75) is 12.5 Å². The molecule has 7 nitrogen and oxygen atoms in total. The van der Waals surface area contributed by atoms with Gasteiger partial charge in [0, 0.05) is 10.6 Å². The maximum atomic E-state index is 12.9. The maximum Gasteiger partial charge on any atom is 0.305 e. The van der Waals surface area contributed by atoms with Crippen LogP contribution in [0.1, 0.15) is 28.5 Å². The van der Waals surface area contributed by atoms with E-state index < -0.39 is 17.9 Å². The zero-order valence-corrected chi connectivity index (χ0v) is 17.7. The lowest BCUT2D eigenvalue weighted by molar-refractivity contribution is -0.137. The first-order valence-corrected chi connectivity index (χ1v) is 9.77. The van der Waals surface area contributed by atoms with E-state index in [9.17, 15) is 14.7 Å². The SMILES string of the molecule is COc1ccc(-c2nc(C(=O)NC(CC(=O)O)c3ccccc3Cl)ccc2OC)cc1. The number of aromatic nitrogens is 1. The summed E-state index contributed by atoms with van der Waals surface area (Å²) in [5.41, 5.74) is 1.85. The number of pyridine rings is 1. The molecule has 0 spiro atoms. The summed E-state index contributed by atoms with van der Waals surface area (Å²) in [6, 6.07) is 16.3. The van der Waals surface area contributed by atoms with Crippen molar-refractivity contribution in [2.24, 2.45) is 0 Å². The van der Waals surface area contributed by atoms with Gasteiger partial charge in [-0.15, -0.1) is 0 Å². The predicted molar refractivity (Wildman–Crippen MR) is 117 cm³/mol. The van der Waals surface area contributed by atoms with Gasteiger partial charge in [0.1, 0.15) is 22.9 Å². The van der Waals surface area contributed by atoms with Crippen LogP contribution in [0.3, 0.4) is 0 Å². The first-order chi connectivity index (χ1) is 14.9. The molecule has 2 N–H and O–H groups in total. The Morgan fingerprint density at radius 3 is 2.35 bits per heavy atom. The summed E-state index contributed by atoms with van der Waals surface area (Å²) in [5, 5.41) is 12.4. The van der Waals surface area contributed by atoms with Gasteiger partial charge in [0.25, 0.3) is 5.91 Å². The Balaban J connectivity index is 1.92. The highest BCUT2D eigenvalue weighted by atomic mass is 35.5. The third kappa shape index (κ3) is 5.32. The van der Waals surface area contributed by atoms with Crippen molar-refractivity contribution < 1.29 is 24.2 Å². The van der Waals surface area contributed by atoms with E-state index in [-0.39, 0.29) is 12.1 Å². The van der Waals surface area contributed by atoms with Crippen LogP contribution < -0.4 is 14.8 Å². The molecule has 1 heterocycles. The Morgan fingerprint density at radius 1 is 1.03 bits per heavy atom. The summed E-state index contributed by atoms with van der Waals surface area (Å²) >= 11 is 6.21. The van der Waals surface area contributed by atoms with Gasteiger partial charge in [-0.05, 0) is 48.0 Å². The highest BCUT2D eigenvalue weighted by Crippen LogP contribution is 2.30. The zero-order valence-electron chi connectivity index (χ0n) is 17.0. The molecule has 0 saturated heterocycles. The number of carbonyl (C=O) groups is 2. The summed E-state index contributed by atoms with van der Waals surface area (Å²) in [6.07, 6.45) is -0.322. The number of nitrogens with one attached hydrogen (secondary N) is 1. The third-order valence-corrected chi connectivity index (χ3v) is 4.98. The number of carboxylic acid groups (broad SMARTS) is 1. The van der Waals surface area contributed by atoms with E-state index in [1.807, 2.05) is 12.1 Å². The number of halogens is 1. The second-order valence-corrected chi connectivity index (χ2v) is 7.03. The highest BCUT2D eigenvalue weighted by molar-refractivity contribution is 6.31. The number of hydrogen-bond donors (Lipinski definition) is 2. The largest absolute Gasteiger partial charge is 0.497 e. The number of aliphatic carboxylic acids is 1. The highest BCUT2D eigenvalue weighted by Gasteiger charge is 2.22. The fraction of sp³-hybridized carbons (Fsp3) is 0.174. The smallest absolute Gasteiger partial charge is 0.305 e. The van der Waals surface area contributed by atoms with Crippen LogP contribution in [-0.4, -0.2) is 36.2 Å². The Bertz CT molecular complexity index is 1090. The monoisotopic (exact) mass is 440 g/mol. The number of hydrogen-bond acceptors (Lipinski definition) is 5. The van der Waals surface area contributed by atoms with Crippen molar-refractivity contribution >= 4 is 23.5 Å². The van der Waals surface area contributed by atoms with E-state index in [1.165, 1.54) is 13.2 Å². The van der Waals surface area contributed by atoms with Crippen molar-refractivity contribution in [3.05, 3.63) is 76.9 Å². The Kier molecular flexibility index (Phi) is 7.10.